The van der Waals surface area contributed by atoms with Gasteiger partial charge in [-0.05, 0) is 37.0 Å². The van der Waals surface area contributed by atoms with Gasteiger partial charge in [0.1, 0.15) is 5.75 Å². The van der Waals surface area contributed by atoms with E-state index in [1.54, 1.807) is 4.90 Å². The van der Waals surface area contributed by atoms with E-state index < -0.39 is 11.9 Å². The minimum Gasteiger partial charge on any atom is -0.494 e. The van der Waals surface area contributed by atoms with Gasteiger partial charge in [-0.25, -0.2) is 0 Å². The van der Waals surface area contributed by atoms with Crippen LogP contribution in [-0.2, 0) is 16.0 Å². The van der Waals surface area contributed by atoms with Gasteiger partial charge < -0.3 is 14.7 Å². The van der Waals surface area contributed by atoms with Crippen LogP contribution in [0.15, 0.2) is 24.3 Å². The van der Waals surface area contributed by atoms with Crippen molar-refractivity contribution in [2.45, 2.75) is 26.7 Å². The number of ether oxygens (including phenoxy) is 1. The molecule has 0 radical (unpaired) electrons. The first kappa shape index (κ1) is 16.3. The van der Waals surface area contributed by atoms with Gasteiger partial charge in [0, 0.05) is 19.5 Å². The SMILES string of the molecule is CCOc1ccc(CCC(=O)N2C[C@@H](C)[C@H](C(=O)O)C2)cc1. The number of hydrogen-bond acceptors (Lipinski definition) is 3. The Morgan fingerprint density at radius 2 is 1.95 bits per heavy atom. The van der Waals surface area contributed by atoms with Crippen molar-refractivity contribution in [3.05, 3.63) is 29.8 Å². The molecule has 1 saturated heterocycles. The van der Waals surface area contributed by atoms with Crippen molar-refractivity contribution in [1.29, 1.82) is 0 Å². The van der Waals surface area contributed by atoms with Crippen LogP contribution in [-0.4, -0.2) is 41.6 Å². The first-order chi connectivity index (χ1) is 10.5. The lowest BCUT2D eigenvalue weighted by atomic mass is 9.99. The second-order valence-electron chi connectivity index (χ2n) is 5.80. The summed E-state index contributed by atoms with van der Waals surface area (Å²) in [5, 5.41) is 9.11. The van der Waals surface area contributed by atoms with Crippen LogP contribution in [0.3, 0.4) is 0 Å². The number of likely N-dealkylation sites (tertiary alicyclic amines) is 1. The van der Waals surface area contributed by atoms with Gasteiger partial charge in [0.05, 0.1) is 12.5 Å². The molecule has 0 aliphatic carbocycles. The van der Waals surface area contributed by atoms with E-state index in [-0.39, 0.29) is 11.8 Å². The summed E-state index contributed by atoms with van der Waals surface area (Å²) in [7, 11) is 0. The minimum absolute atomic E-state index is 0.0203. The molecule has 5 heteroatoms. The number of amides is 1. The summed E-state index contributed by atoms with van der Waals surface area (Å²) in [6.45, 7) is 5.33. The van der Waals surface area contributed by atoms with Crippen molar-refractivity contribution < 1.29 is 19.4 Å². The van der Waals surface area contributed by atoms with Crippen molar-refractivity contribution in [2.24, 2.45) is 11.8 Å². The fourth-order valence-corrected chi connectivity index (χ4v) is 2.82. The van der Waals surface area contributed by atoms with Crippen LogP contribution in [0.4, 0.5) is 0 Å². The number of carbonyl (C=O) groups is 2. The van der Waals surface area contributed by atoms with E-state index in [2.05, 4.69) is 0 Å². The van der Waals surface area contributed by atoms with Crippen LogP contribution < -0.4 is 4.74 Å². The Morgan fingerprint density at radius 1 is 1.27 bits per heavy atom. The molecule has 1 aliphatic rings. The van der Waals surface area contributed by atoms with Crippen molar-refractivity contribution in [1.82, 2.24) is 4.90 Å². The summed E-state index contributed by atoms with van der Waals surface area (Å²) < 4.78 is 5.38. The second-order valence-corrected chi connectivity index (χ2v) is 5.80. The maximum Gasteiger partial charge on any atom is 0.308 e. The fourth-order valence-electron chi connectivity index (χ4n) is 2.82. The number of carboxylic acid groups (broad SMARTS) is 1. The van der Waals surface area contributed by atoms with E-state index in [9.17, 15) is 9.59 Å². The van der Waals surface area contributed by atoms with Crippen molar-refractivity contribution in [3.63, 3.8) is 0 Å². The summed E-state index contributed by atoms with van der Waals surface area (Å²) in [4.78, 5) is 25.0. The number of rotatable bonds is 6. The topological polar surface area (TPSA) is 66.8 Å². The lowest BCUT2D eigenvalue weighted by Gasteiger charge is -2.15. The number of benzene rings is 1. The van der Waals surface area contributed by atoms with Gasteiger partial charge in [-0.2, -0.15) is 0 Å². The molecule has 1 fully saturated rings. The van der Waals surface area contributed by atoms with E-state index in [4.69, 9.17) is 9.84 Å². The zero-order chi connectivity index (χ0) is 16.1. The zero-order valence-electron chi connectivity index (χ0n) is 13.1. The Kier molecular flexibility index (Phi) is 5.41. The van der Waals surface area contributed by atoms with Gasteiger partial charge >= 0.3 is 5.97 Å². The summed E-state index contributed by atoms with van der Waals surface area (Å²) in [6, 6.07) is 7.74. The number of carboxylic acids is 1. The molecule has 1 heterocycles. The highest BCUT2D eigenvalue weighted by Crippen LogP contribution is 2.24. The summed E-state index contributed by atoms with van der Waals surface area (Å²) >= 11 is 0. The van der Waals surface area contributed by atoms with Crippen molar-refractivity contribution in [3.8, 4) is 5.75 Å². The molecule has 1 N–H and O–H groups in total. The molecule has 5 nitrogen and oxygen atoms in total. The fraction of sp³-hybridized carbons (Fsp3) is 0.529. The Hall–Kier alpha value is -2.04. The lowest BCUT2D eigenvalue weighted by molar-refractivity contribution is -0.142. The van der Waals surface area contributed by atoms with Gasteiger partial charge in [0.15, 0.2) is 0 Å². The van der Waals surface area contributed by atoms with Crippen LogP contribution in [0.1, 0.15) is 25.8 Å². The molecule has 22 heavy (non-hydrogen) atoms. The van der Waals surface area contributed by atoms with Gasteiger partial charge in [0.25, 0.3) is 0 Å². The Balaban J connectivity index is 1.84. The molecule has 0 spiro atoms. The molecule has 0 aromatic heterocycles. The molecule has 0 bridgehead atoms. The third-order valence-corrected chi connectivity index (χ3v) is 4.14. The third kappa shape index (κ3) is 4.00. The minimum atomic E-state index is -0.811. The molecule has 1 aromatic carbocycles. The van der Waals surface area contributed by atoms with Gasteiger partial charge in [-0.15, -0.1) is 0 Å². The summed E-state index contributed by atoms with van der Waals surface area (Å²) in [5.41, 5.74) is 1.08. The van der Waals surface area contributed by atoms with Crippen molar-refractivity contribution in [2.75, 3.05) is 19.7 Å². The predicted molar refractivity (Wildman–Crippen MR) is 82.8 cm³/mol. The maximum atomic E-state index is 12.2. The largest absolute Gasteiger partial charge is 0.494 e. The van der Waals surface area contributed by atoms with Crippen LogP contribution in [0.5, 0.6) is 5.75 Å². The molecular formula is C17H23NO4. The van der Waals surface area contributed by atoms with Gasteiger partial charge in [-0.3, -0.25) is 9.59 Å². The van der Waals surface area contributed by atoms with E-state index in [1.165, 1.54) is 0 Å². The monoisotopic (exact) mass is 305 g/mol. The third-order valence-electron chi connectivity index (χ3n) is 4.14. The molecule has 1 aromatic rings. The first-order valence-corrected chi connectivity index (χ1v) is 7.73. The number of nitrogens with zero attached hydrogens (tertiary/aromatic N) is 1. The van der Waals surface area contributed by atoms with Crippen LogP contribution in [0, 0.1) is 11.8 Å². The van der Waals surface area contributed by atoms with E-state index in [0.717, 1.165) is 11.3 Å². The van der Waals surface area contributed by atoms with Crippen LogP contribution in [0.25, 0.3) is 0 Å². The Labute approximate surface area is 130 Å². The lowest BCUT2D eigenvalue weighted by Crippen LogP contribution is -2.30. The quantitative estimate of drug-likeness (QED) is 0.875. The van der Waals surface area contributed by atoms with Crippen LogP contribution in [0.2, 0.25) is 0 Å². The van der Waals surface area contributed by atoms with Crippen LogP contribution >= 0.6 is 0 Å². The summed E-state index contributed by atoms with van der Waals surface area (Å²) in [6.07, 6.45) is 1.07. The Morgan fingerprint density at radius 3 is 2.50 bits per heavy atom. The van der Waals surface area contributed by atoms with Crippen molar-refractivity contribution >= 4 is 11.9 Å². The molecule has 1 aliphatic heterocycles. The highest BCUT2D eigenvalue weighted by Gasteiger charge is 2.36. The zero-order valence-corrected chi connectivity index (χ0v) is 13.1. The maximum absolute atomic E-state index is 12.2. The normalized spacial score (nSPS) is 20.9. The molecule has 0 unspecified atom stereocenters. The molecule has 0 saturated carbocycles. The number of aliphatic carboxylic acids is 1. The number of carbonyl (C=O) groups excluding carboxylic acids is 1. The van der Waals surface area contributed by atoms with Gasteiger partial charge in [0.2, 0.25) is 5.91 Å². The molecule has 2 rings (SSSR count). The molecular weight excluding hydrogens is 282 g/mol. The highest BCUT2D eigenvalue weighted by atomic mass is 16.5. The predicted octanol–water partition coefficient (Wildman–Crippen LogP) is 2.20. The highest BCUT2D eigenvalue weighted by molar-refractivity contribution is 5.79. The summed E-state index contributed by atoms with van der Waals surface area (Å²) in [5.74, 6) is -0.365. The molecule has 2 atom stereocenters. The molecule has 120 valence electrons. The Bertz CT molecular complexity index is 526. The number of aryl methyl sites for hydroxylation is 1. The number of hydrogen-bond donors (Lipinski definition) is 1. The van der Waals surface area contributed by atoms with Gasteiger partial charge in [-0.1, -0.05) is 19.1 Å². The second kappa shape index (κ2) is 7.29. The van der Waals surface area contributed by atoms with E-state index in [0.29, 0.717) is 32.5 Å². The molecule has 1 amide bonds. The van der Waals surface area contributed by atoms with E-state index >= 15 is 0 Å². The van der Waals surface area contributed by atoms with E-state index in [1.807, 2.05) is 38.1 Å². The first-order valence-electron chi connectivity index (χ1n) is 7.73. The average Bonchev–Trinajstić information content (AvgIpc) is 2.89. The average molecular weight is 305 g/mol. The standard InChI is InChI=1S/C17H23NO4/c1-3-22-14-7-4-13(5-8-14)6-9-16(19)18-10-12(2)15(11-18)17(20)21/h4-5,7-8,12,15H,3,6,9-11H2,1-2H3,(H,20,21)/t12-,15-/m1/s1. The smallest absolute Gasteiger partial charge is 0.308 e.